The summed E-state index contributed by atoms with van der Waals surface area (Å²) in [5.41, 5.74) is 5.53. The average molecular weight is 191 g/mol. The van der Waals surface area contributed by atoms with Crippen molar-refractivity contribution in [3.8, 4) is 0 Å². The first-order chi connectivity index (χ1) is 6.70. The van der Waals surface area contributed by atoms with E-state index in [2.05, 4.69) is 0 Å². The molecule has 1 amide bonds. The molecule has 2 rings (SSSR count). The summed E-state index contributed by atoms with van der Waals surface area (Å²) in [6.07, 6.45) is -1.40. The van der Waals surface area contributed by atoms with Crippen molar-refractivity contribution in [3.63, 3.8) is 0 Å². The number of carbonyl (C=O) groups excluding carboxylic acids is 2. The predicted molar refractivity (Wildman–Crippen MR) is 48.6 cm³/mol. The lowest BCUT2D eigenvalue weighted by molar-refractivity contribution is -0.119. The highest BCUT2D eigenvalue weighted by Crippen LogP contribution is 2.25. The van der Waals surface area contributed by atoms with E-state index in [1.54, 1.807) is 24.3 Å². The van der Waals surface area contributed by atoms with E-state index in [1.165, 1.54) is 0 Å². The van der Waals surface area contributed by atoms with E-state index in [1.807, 2.05) is 6.07 Å². The Morgan fingerprint density at radius 2 is 1.79 bits per heavy atom. The maximum atomic E-state index is 11.6. The number of hydrogen-bond donors (Lipinski definition) is 1. The normalized spacial score (nSPS) is 24.3. The van der Waals surface area contributed by atoms with E-state index >= 15 is 0 Å². The van der Waals surface area contributed by atoms with E-state index in [4.69, 9.17) is 10.5 Å². The summed E-state index contributed by atoms with van der Waals surface area (Å²) in [6, 6.07) is 8.70. The van der Waals surface area contributed by atoms with Crippen LogP contribution in [0.15, 0.2) is 30.3 Å². The van der Waals surface area contributed by atoms with Crippen LogP contribution in [0, 0.1) is 0 Å². The highest BCUT2D eigenvalue weighted by atomic mass is 16.6. The summed E-state index contributed by atoms with van der Waals surface area (Å²) in [5, 5.41) is 0. The van der Waals surface area contributed by atoms with Gasteiger partial charge in [-0.15, -0.1) is 0 Å². The quantitative estimate of drug-likeness (QED) is 0.544. The maximum Gasteiger partial charge on any atom is 0.249 e. The topological polar surface area (TPSA) is 72.7 Å². The summed E-state index contributed by atoms with van der Waals surface area (Å²) in [4.78, 5) is 22.2. The SMILES string of the molecule is NC(=O)[C@H]1O[C@@H]1C(=O)c1ccccc1. The number of amides is 1. The van der Waals surface area contributed by atoms with Gasteiger partial charge in [0.1, 0.15) is 0 Å². The van der Waals surface area contributed by atoms with E-state index in [9.17, 15) is 9.59 Å². The first-order valence-electron chi connectivity index (χ1n) is 4.24. The Bertz CT molecular complexity index is 374. The van der Waals surface area contributed by atoms with E-state index in [0.717, 1.165) is 0 Å². The van der Waals surface area contributed by atoms with Crippen molar-refractivity contribution in [1.29, 1.82) is 0 Å². The second-order valence-corrected chi connectivity index (χ2v) is 3.11. The van der Waals surface area contributed by atoms with Gasteiger partial charge >= 0.3 is 0 Å². The van der Waals surface area contributed by atoms with Crippen molar-refractivity contribution < 1.29 is 14.3 Å². The lowest BCUT2D eigenvalue weighted by Gasteiger charge is -1.94. The number of hydrogen-bond acceptors (Lipinski definition) is 3. The van der Waals surface area contributed by atoms with Gasteiger partial charge in [0.2, 0.25) is 5.91 Å². The third kappa shape index (κ3) is 1.52. The molecule has 1 fully saturated rings. The van der Waals surface area contributed by atoms with Crippen molar-refractivity contribution in [2.75, 3.05) is 0 Å². The summed E-state index contributed by atoms with van der Waals surface area (Å²) in [6.45, 7) is 0. The molecule has 2 atom stereocenters. The molecule has 0 radical (unpaired) electrons. The Labute approximate surface area is 80.7 Å². The summed E-state index contributed by atoms with van der Waals surface area (Å²) in [5.74, 6) is -0.770. The van der Waals surface area contributed by atoms with Crippen molar-refractivity contribution in [3.05, 3.63) is 35.9 Å². The van der Waals surface area contributed by atoms with Gasteiger partial charge in [-0.05, 0) is 0 Å². The molecule has 2 N–H and O–H groups in total. The number of primary amides is 1. The molecule has 0 aromatic heterocycles. The molecule has 1 aliphatic heterocycles. The van der Waals surface area contributed by atoms with E-state index in [0.29, 0.717) is 5.56 Å². The van der Waals surface area contributed by atoms with Crippen LogP contribution in [0.25, 0.3) is 0 Å². The zero-order valence-electron chi connectivity index (χ0n) is 7.34. The fraction of sp³-hybridized carbons (Fsp3) is 0.200. The molecule has 1 heterocycles. The summed E-state index contributed by atoms with van der Waals surface area (Å²) >= 11 is 0. The Morgan fingerprint density at radius 3 is 2.29 bits per heavy atom. The van der Waals surface area contributed by atoms with Crippen molar-refractivity contribution in [2.45, 2.75) is 12.2 Å². The number of ether oxygens (including phenoxy) is 1. The molecule has 72 valence electrons. The molecule has 1 aromatic carbocycles. The van der Waals surface area contributed by atoms with Gasteiger partial charge in [-0.2, -0.15) is 0 Å². The fourth-order valence-electron chi connectivity index (χ4n) is 1.29. The van der Waals surface area contributed by atoms with Crippen LogP contribution in [-0.2, 0) is 9.53 Å². The number of benzene rings is 1. The summed E-state index contributed by atoms with van der Waals surface area (Å²) in [7, 11) is 0. The molecule has 0 bridgehead atoms. The number of rotatable bonds is 3. The molecule has 1 aromatic rings. The zero-order chi connectivity index (χ0) is 10.1. The first kappa shape index (κ1) is 8.90. The van der Waals surface area contributed by atoms with Crippen LogP contribution in [0.2, 0.25) is 0 Å². The Kier molecular flexibility index (Phi) is 2.05. The minimum absolute atomic E-state index is 0.186. The smallest absolute Gasteiger partial charge is 0.249 e. The van der Waals surface area contributed by atoms with Crippen LogP contribution in [-0.4, -0.2) is 23.9 Å². The number of Topliss-reactive ketones (excluding diaryl/α,β-unsaturated/α-hetero) is 1. The van der Waals surface area contributed by atoms with Crippen LogP contribution in [0.5, 0.6) is 0 Å². The number of carbonyl (C=O) groups is 2. The molecule has 0 aliphatic carbocycles. The van der Waals surface area contributed by atoms with Gasteiger partial charge in [0, 0.05) is 5.56 Å². The van der Waals surface area contributed by atoms with Gasteiger partial charge in [0.25, 0.3) is 0 Å². The van der Waals surface area contributed by atoms with Crippen LogP contribution in [0.3, 0.4) is 0 Å². The second-order valence-electron chi connectivity index (χ2n) is 3.11. The Hall–Kier alpha value is -1.68. The molecule has 0 spiro atoms. The van der Waals surface area contributed by atoms with Crippen molar-refractivity contribution in [1.82, 2.24) is 0 Å². The number of ketones is 1. The van der Waals surface area contributed by atoms with Crippen LogP contribution >= 0.6 is 0 Å². The molecule has 0 saturated carbocycles. The highest BCUT2D eigenvalue weighted by Gasteiger charge is 2.49. The molecular weight excluding hydrogens is 182 g/mol. The Balaban J connectivity index is 2.09. The van der Waals surface area contributed by atoms with Crippen LogP contribution in [0.4, 0.5) is 0 Å². The number of nitrogens with two attached hydrogens (primary N) is 1. The Morgan fingerprint density at radius 1 is 1.14 bits per heavy atom. The van der Waals surface area contributed by atoms with Gasteiger partial charge in [-0.1, -0.05) is 30.3 Å². The molecule has 0 unspecified atom stereocenters. The third-order valence-corrected chi connectivity index (χ3v) is 2.09. The van der Waals surface area contributed by atoms with Gasteiger partial charge < -0.3 is 10.5 Å². The predicted octanol–water partition coefficient (Wildman–Crippen LogP) is 0.122. The highest BCUT2D eigenvalue weighted by molar-refractivity contribution is 6.05. The molecule has 4 nitrogen and oxygen atoms in total. The lowest BCUT2D eigenvalue weighted by Crippen LogP contribution is -2.23. The largest absolute Gasteiger partial charge is 0.367 e. The lowest BCUT2D eigenvalue weighted by atomic mass is 10.1. The van der Waals surface area contributed by atoms with Crippen LogP contribution in [0.1, 0.15) is 10.4 Å². The monoisotopic (exact) mass is 191 g/mol. The minimum atomic E-state index is -0.734. The second kappa shape index (κ2) is 3.23. The minimum Gasteiger partial charge on any atom is -0.367 e. The van der Waals surface area contributed by atoms with Gasteiger partial charge in [-0.3, -0.25) is 9.59 Å². The van der Waals surface area contributed by atoms with E-state index in [-0.39, 0.29) is 5.78 Å². The van der Waals surface area contributed by atoms with Crippen molar-refractivity contribution in [2.24, 2.45) is 5.73 Å². The molecule has 1 aliphatic rings. The standard InChI is InChI=1S/C10H9NO3/c11-10(13)9-8(14-9)7(12)6-4-2-1-3-5-6/h1-5,8-9H,(H2,11,13)/t8-,9+/m1/s1. The molecule has 1 saturated heterocycles. The maximum absolute atomic E-state index is 11.6. The fourth-order valence-corrected chi connectivity index (χ4v) is 1.29. The molecule has 4 heteroatoms. The van der Waals surface area contributed by atoms with Crippen molar-refractivity contribution >= 4 is 11.7 Å². The summed E-state index contributed by atoms with van der Waals surface area (Å²) < 4.78 is 4.87. The average Bonchev–Trinajstić information content (AvgIpc) is 2.97. The number of epoxide rings is 1. The molecular formula is C10H9NO3. The van der Waals surface area contributed by atoms with E-state index < -0.39 is 18.1 Å². The van der Waals surface area contributed by atoms with Crippen LogP contribution < -0.4 is 5.73 Å². The molecule has 14 heavy (non-hydrogen) atoms. The third-order valence-electron chi connectivity index (χ3n) is 2.09. The zero-order valence-corrected chi connectivity index (χ0v) is 7.34. The van der Waals surface area contributed by atoms with Gasteiger partial charge in [0.15, 0.2) is 18.0 Å². The first-order valence-corrected chi connectivity index (χ1v) is 4.24. The van der Waals surface area contributed by atoms with Gasteiger partial charge in [0.05, 0.1) is 0 Å². The van der Waals surface area contributed by atoms with Gasteiger partial charge in [-0.25, -0.2) is 0 Å².